The summed E-state index contributed by atoms with van der Waals surface area (Å²) < 4.78 is 13.2. The van der Waals surface area contributed by atoms with Crippen molar-refractivity contribution < 1.29 is 9.50 Å². The van der Waals surface area contributed by atoms with Gasteiger partial charge in [-0.25, -0.2) is 4.39 Å². The fraction of sp³-hybridized carbons (Fsp3) is 0.538. The largest absolute Gasteiger partial charge is 0.396 e. The van der Waals surface area contributed by atoms with Gasteiger partial charge in [-0.15, -0.1) is 11.8 Å². The normalized spacial score (nSPS) is 11.1. The van der Waals surface area contributed by atoms with E-state index in [9.17, 15) is 4.39 Å². The molecule has 0 spiro atoms. The van der Waals surface area contributed by atoms with Gasteiger partial charge in [0.05, 0.1) is 6.61 Å². The Hall–Kier alpha value is -0.580. The highest BCUT2D eigenvalue weighted by atomic mass is 32.2. The van der Waals surface area contributed by atoms with Crippen LogP contribution in [0.3, 0.4) is 0 Å². The molecule has 0 saturated heterocycles. The second kappa shape index (κ2) is 7.69. The predicted octanol–water partition coefficient (Wildman–Crippen LogP) is 2.66. The highest BCUT2D eigenvalue weighted by molar-refractivity contribution is 7.99. The summed E-state index contributed by atoms with van der Waals surface area (Å²) >= 11 is 1.56. The number of benzene rings is 1. The van der Waals surface area contributed by atoms with Gasteiger partial charge in [-0.05, 0) is 36.2 Å². The van der Waals surface area contributed by atoms with E-state index in [1.165, 1.54) is 6.07 Å². The molecule has 0 radical (unpaired) electrons. The number of aliphatic hydroxyl groups is 1. The first-order valence-electron chi connectivity index (χ1n) is 5.86. The topological polar surface area (TPSA) is 32.3 Å². The van der Waals surface area contributed by atoms with Gasteiger partial charge in [0.2, 0.25) is 0 Å². The third-order valence-corrected chi connectivity index (χ3v) is 3.34. The van der Waals surface area contributed by atoms with Crippen LogP contribution in [0.15, 0.2) is 23.1 Å². The molecule has 0 aromatic heterocycles. The van der Waals surface area contributed by atoms with Crippen molar-refractivity contribution in [3.63, 3.8) is 0 Å². The second-order valence-electron chi connectivity index (χ2n) is 4.35. The molecule has 4 heteroatoms. The second-order valence-corrected chi connectivity index (χ2v) is 5.49. The molecule has 2 nitrogen and oxygen atoms in total. The number of rotatable bonds is 7. The van der Waals surface area contributed by atoms with Gasteiger partial charge in [0.25, 0.3) is 0 Å². The zero-order chi connectivity index (χ0) is 12.7. The zero-order valence-electron chi connectivity index (χ0n) is 10.4. The van der Waals surface area contributed by atoms with Crippen molar-refractivity contribution in [3.05, 3.63) is 29.6 Å². The average molecular weight is 257 g/mol. The van der Waals surface area contributed by atoms with Crippen molar-refractivity contribution in [3.8, 4) is 0 Å². The van der Waals surface area contributed by atoms with Gasteiger partial charge < -0.3 is 10.4 Å². The van der Waals surface area contributed by atoms with E-state index in [0.29, 0.717) is 18.2 Å². The maximum atomic E-state index is 13.2. The first kappa shape index (κ1) is 14.5. The lowest BCUT2D eigenvalue weighted by molar-refractivity contribution is 0.322. The third-order valence-electron chi connectivity index (χ3n) is 2.24. The summed E-state index contributed by atoms with van der Waals surface area (Å²) in [7, 11) is 0. The van der Waals surface area contributed by atoms with Crippen molar-refractivity contribution in [1.29, 1.82) is 0 Å². The molecule has 1 aromatic carbocycles. The van der Waals surface area contributed by atoms with Crippen molar-refractivity contribution in [1.82, 2.24) is 5.32 Å². The van der Waals surface area contributed by atoms with E-state index in [2.05, 4.69) is 19.2 Å². The first-order valence-corrected chi connectivity index (χ1v) is 6.85. The Balaban J connectivity index is 2.62. The number of aliphatic hydroxyl groups excluding tert-OH is 1. The number of thioether (sulfide) groups is 1. The smallest absolute Gasteiger partial charge is 0.123 e. The van der Waals surface area contributed by atoms with Crippen LogP contribution in [0, 0.1) is 11.7 Å². The molecule has 0 fully saturated rings. The lowest BCUT2D eigenvalue weighted by Crippen LogP contribution is -2.19. The minimum atomic E-state index is -0.209. The fourth-order valence-corrected chi connectivity index (χ4v) is 2.27. The van der Waals surface area contributed by atoms with E-state index in [1.807, 2.05) is 0 Å². The molecule has 0 bridgehead atoms. The van der Waals surface area contributed by atoms with Crippen molar-refractivity contribution in [2.75, 3.05) is 18.9 Å². The molecule has 0 atom stereocenters. The molecule has 1 rings (SSSR count). The quantitative estimate of drug-likeness (QED) is 0.737. The monoisotopic (exact) mass is 257 g/mol. The Labute approximate surface area is 107 Å². The van der Waals surface area contributed by atoms with E-state index in [1.54, 1.807) is 23.9 Å². The van der Waals surface area contributed by atoms with Crippen LogP contribution >= 0.6 is 11.8 Å². The zero-order valence-corrected chi connectivity index (χ0v) is 11.2. The molecule has 0 saturated carbocycles. The van der Waals surface area contributed by atoms with E-state index in [4.69, 9.17) is 5.11 Å². The van der Waals surface area contributed by atoms with Gasteiger partial charge in [0.1, 0.15) is 5.82 Å². The molecule has 1 aromatic rings. The van der Waals surface area contributed by atoms with Crippen molar-refractivity contribution in [2.45, 2.75) is 25.3 Å². The van der Waals surface area contributed by atoms with Gasteiger partial charge >= 0.3 is 0 Å². The van der Waals surface area contributed by atoms with Gasteiger partial charge in [-0.1, -0.05) is 13.8 Å². The van der Waals surface area contributed by atoms with E-state index >= 15 is 0 Å². The molecule has 17 heavy (non-hydrogen) atoms. The molecule has 0 aliphatic rings. The summed E-state index contributed by atoms with van der Waals surface area (Å²) in [6.07, 6.45) is 0. The SMILES string of the molecule is CC(C)CNCc1cc(F)ccc1SCCO. The van der Waals surface area contributed by atoms with Crippen LogP contribution in [-0.2, 0) is 6.54 Å². The molecule has 0 heterocycles. The van der Waals surface area contributed by atoms with E-state index < -0.39 is 0 Å². The number of hydrogen-bond acceptors (Lipinski definition) is 3. The maximum Gasteiger partial charge on any atom is 0.123 e. The number of hydrogen-bond donors (Lipinski definition) is 2. The molecule has 2 N–H and O–H groups in total. The highest BCUT2D eigenvalue weighted by Crippen LogP contribution is 2.23. The summed E-state index contributed by atoms with van der Waals surface area (Å²) in [4.78, 5) is 1.04. The average Bonchev–Trinajstić information content (AvgIpc) is 2.27. The van der Waals surface area contributed by atoms with Crippen molar-refractivity contribution in [2.24, 2.45) is 5.92 Å². The minimum absolute atomic E-state index is 0.140. The fourth-order valence-electron chi connectivity index (χ4n) is 1.48. The maximum absolute atomic E-state index is 13.2. The predicted molar refractivity (Wildman–Crippen MR) is 70.8 cm³/mol. The number of nitrogens with one attached hydrogen (secondary N) is 1. The number of halogens is 1. The summed E-state index contributed by atoms with van der Waals surface area (Å²) in [5.74, 6) is 1.01. The molecule has 0 aliphatic carbocycles. The molecule has 96 valence electrons. The summed E-state index contributed by atoms with van der Waals surface area (Å²) in [5, 5.41) is 12.1. The van der Waals surface area contributed by atoms with Gasteiger partial charge in [0, 0.05) is 17.2 Å². The van der Waals surface area contributed by atoms with Crippen LogP contribution in [0.4, 0.5) is 4.39 Å². The standard InChI is InChI=1S/C13H20FNOS/c1-10(2)8-15-9-11-7-12(14)3-4-13(11)17-6-5-16/h3-4,7,10,15-16H,5-6,8-9H2,1-2H3. The minimum Gasteiger partial charge on any atom is -0.396 e. The van der Waals surface area contributed by atoms with Crippen LogP contribution in [-0.4, -0.2) is 24.0 Å². The Kier molecular flexibility index (Phi) is 6.55. The van der Waals surface area contributed by atoms with Crippen LogP contribution < -0.4 is 5.32 Å². The first-order chi connectivity index (χ1) is 8.13. The van der Waals surface area contributed by atoms with Gasteiger partial charge in [0.15, 0.2) is 0 Å². The van der Waals surface area contributed by atoms with Crippen molar-refractivity contribution >= 4 is 11.8 Å². The Morgan fingerprint density at radius 1 is 1.41 bits per heavy atom. The summed E-state index contributed by atoms with van der Waals surface area (Å²) in [6.45, 7) is 6.01. The third kappa shape index (κ3) is 5.52. The Morgan fingerprint density at radius 2 is 2.18 bits per heavy atom. The lowest BCUT2D eigenvalue weighted by Gasteiger charge is -2.11. The molecule has 0 aliphatic heterocycles. The molecule has 0 amide bonds. The van der Waals surface area contributed by atoms with Crippen LogP contribution in [0.25, 0.3) is 0 Å². The molecular formula is C13H20FNOS. The molecular weight excluding hydrogens is 237 g/mol. The van der Waals surface area contributed by atoms with Crippen LogP contribution in [0.1, 0.15) is 19.4 Å². The Morgan fingerprint density at radius 3 is 2.82 bits per heavy atom. The van der Waals surface area contributed by atoms with Gasteiger partial charge in [-0.3, -0.25) is 0 Å². The summed E-state index contributed by atoms with van der Waals surface area (Å²) in [6, 6.07) is 4.81. The van der Waals surface area contributed by atoms with E-state index in [0.717, 1.165) is 17.0 Å². The molecule has 0 unspecified atom stereocenters. The summed E-state index contributed by atoms with van der Waals surface area (Å²) in [5.41, 5.74) is 0.962. The van der Waals surface area contributed by atoms with Gasteiger partial charge in [-0.2, -0.15) is 0 Å². The van der Waals surface area contributed by atoms with E-state index in [-0.39, 0.29) is 12.4 Å². The highest BCUT2D eigenvalue weighted by Gasteiger charge is 2.05. The van der Waals surface area contributed by atoms with Crippen LogP contribution in [0.2, 0.25) is 0 Å². The lowest BCUT2D eigenvalue weighted by atomic mass is 10.2. The van der Waals surface area contributed by atoms with Crippen LogP contribution in [0.5, 0.6) is 0 Å². The Bertz CT molecular complexity index is 344.